The van der Waals surface area contributed by atoms with Gasteiger partial charge >= 0.3 is 0 Å². The Kier molecular flexibility index (Phi) is 3.09. The van der Waals surface area contributed by atoms with E-state index in [1.165, 1.54) is 22.3 Å². The first-order chi connectivity index (χ1) is 7.68. The Balaban J connectivity index is 2.34. The van der Waals surface area contributed by atoms with Crippen molar-refractivity contribution in [2.45, 2.75) is 26.7 Å². The highest BCUT2D eigenvalue weighted by molar-refractivity contribution is 5.36. The van der Waals surface area contributed by atoms with Crippen molar-refractivity contribution in [2.24, 2.45) is 0 Å². The Bertz CT molecular complexity index is 469. The molecule has 0 N–H and O–H groups in total. The van der Waals surface area contributed by atoms with Gasteiger partial charge in [-0.05, 0) is 36.1 Å². The van der Waals surface area contributed by atoms with Gasteiger partial charge in [0.05, 0.1) is 0 Å². The minimum atomic E-state index is 0.473. The molecular weight excluding hydrogens is 192 g/mol. The van der Waals surface area contributed by atoms with Gasteiger partial charge in [0, 0.05) is 5.92 Å². The number of benzene rings is 2. The van der Waals surface area contributed by atoms with Crippen LogP contribution in [-0.2, 0) is 0 Å². The summed E-state index contributed by atoms with van der Waals surface area (Å²) in [4.78, 5) is 0. The molecule has 0 spiro atoms. The highest BCUT2D eigenvalue weighted by atomic mass is 14.1. The van der Waals surface area contributed by atoms with Gasteiger partial charge in [-0.1, -0.05) is 55.5 Å². The van der Waals surface area contributed by atoms with Crippen LogP contribution in [0.2, 0.25) is 0 Å². The number of hydrogen-bond acceptors (Lipinski definition) is 0. The molecule has 2 aromatic carbocycles. The first-order valence-electron chi connectivity index (χ1n) is 5.80. The zero-order valence-electron chi connectivity index (χ0n) is 10.2. The molecule has 0 unspecified atom stereocenters. The number of hydrogen-bond donors (Lipinski definition) is 0. The second kappa shape index (κ2) is 4.52. The van der Waals surface area contributed by atoms with E-state index in [1.807, 2.05) is 0 Å². The fourth-order valence-corrected chi connectivity index (χ4v) is 1.97. The van der Waals surface area contributed by atoms with Gasteiger partial charge in [0.15, 0.2) is 0 Å². The van der Waals surface area contributed by atoms with E-state index in [4.69, 9.17) is 0 Å². The van der Waals surface area contributed by atoms with Gasteiger partial charge in [-0.15, -0.1) is 0 Å². The van der Waals surface area contributed by atoms with Crippen molar-refractivity contribution in [1.82, 2.24) is 0 Å². The summed E-state index contributed by atoms with van der Waals surface area (Å²) < 4.78 is 0. The molecule has 0 fully saturated rings. The van der Waals surface area contributed by atoms with E-state index in [0.29, 0.717) is 5.92 Å². The van der Waals surface area contributed by atoms with Gasteiger partial charge in [0.1, 0.15) is 0 Å². The summed E-state index contributed by atoms with van der Waals surface area (Å²) in [6, 6.07) is 17.4. The van der Waals surface area contributed by atoms with Crippen LogP contribution in [0.4, 0.5) is 0 Å². The summed E-state index contributed by atoms with van der Waals surface area (Å²) >= 11 is 0. The van der Waals surface area contributed by atoms with Crippen LogP contribution in [0.1, 0.15) is 35.1 Å². The van der Waals surface area contributed by atoms with Crippen LogP contribution in [-0.4, -0.2) is 0 Å². The lowest BCUT2D eigenvalue weighted by Gasteiger charge is -2.14. The predicted molar refractivity (Wildman–Crippen MR) is 69.9 cm³/mol. The first kappa shape index (κ1) is 10.9. The Labute approximate surface area is 97.9 Å². The summed E-state index contributed by atoms with van der Waals surface area (Å²) in [6.45, 7) is 6.60. The molecule has 0 heterocycles. The van der Waals surface area contributed by atoms with Crippen LogP contribution in [0.15, 0.2) is 48.5 Å². The highest BCUT2D eigenvalue weighted by Gasteiger charge is 2.08. The molecule has 2 aromatic rings. The molecule has 0 amide bonds. The maximum atomic E-state index is 2.30. The summed E-state index contributed by atoms with van der Waals surface area (Å²) in [5.41, 5.74) is 5.52. The SMILES string of the molecule is Cc1ccc([C@H](C)c2ccccc2)cc1C. The van der Waals surface area contributed by atoms with Crippen LogP contribution >= 0.6 is 0 Å². The molecule has 0 saturated carbocycles. The minimum absolute atomic E-state index is 0.473. The topological polar surface area (TPSA) is 0 Å². The second-order valence-electron chi connectivity index (χ2n) is 4.48. The standard InChI is InChI=1S/C16H18/c1-12-9-10-16(11-13(12)2)14(3)15-7-5-4-6-8-15/h4-11,14H,1-3H3/t14-/m1/s1. The molecule has 2 rings (SSSR count). The Morgan fingerprint density at radius 1 is 0.750 bits per heavy atom. The fraction of sp³-hybridized carbons (Fsp3) is 0.250. The second-order valence-corrected chi connectivity index (χ2v) is 4.48. The van der Waals surface area contributed by atoms with Crippen molar-refractivity contribution >= 4 is 0 Å². The molecule has 0 heteroatoms. The van der Waals surface area contributed by atoms with Crippen molar-refractivity contribution in [3.63, 3.8) is 0 Å². The minimum Gasteiger partial charge on any atom is -0.0622 e. The largest absolute Gasteiger partial charge is 0.0622 e. The molecule has 16 heavy (non-hydrogen) atoms. The Hall–Kier alpha value is -1.56. The Morgan fingerprint density at radius 3 is 2.06 bits per heavy atom. The molecule has 0 aliphatic heterocycles. The molecule has 0 nitrogen and oxygen atoms in total. The maximum absolute atomic E-state index is 2.30. The van der Waals surface area contributed by atoms with Crippen LogP contribution in [0, 0.1) is 13.8 Å². The molecule has 0 aromatic heterocycles. The zero-order chi connectivity index (χ0) is 11.5. The van der Waals surface area contributed by atoms with E-state index in [9.17, 15) is 0 Å². The molecule has 0 saturated heterocycles. The summed E-state index contributed by atoms with van der Waals surface area (Å²) in [5, 5.41) is 0. The Morgan fingerprint density at radius 2 is 1.44 bits per heavy atom. The lowest BCUT2D eigenvalue weighted by Crippen LogP contribution is -1.96. The van der Waals surface area contributed by atoms with E-state index in [1.54, 1.807) is 0 Å². The lowest BCUT2D eigenvalue weighted by molar-refractivity contribution is 0.918. The monoisotopic (exact) mass is 210 g/mol. The molecule has 0 bridgehead atoms. The number of rotatable bonds is 2. The molecule has 0 aliphatic carbocycles. The van der Waals surface area contributed by atoms with Gasteiger partial charge in [-0.25, -0.2) is 0 Å². The third-order valence-corrected chi connectivity index (χ3v) is 3.33. The van der Waals surface area contributed by atoms with E-state index in [2.05, 4.69) is 69.3 Å². The van der Waals surface area contributed by atoms with Crippen molar-refractivity contribution in [3.05, 3.63) is 70.8 Å². The van der Waals surface area contributed by atoms with E-state index < -0.39 is 0 Å². The third kappa shape index (κ3) is 2.16. The van der Waals surface area contributed by atoms with Crippen LogP contribution in [0.25, 0.3) is 0 Å². The smallest absolute Gasteiger partial charge is 0.00611 e. The van der Waals surface area contributed by atoms with Crippen molar-refractivity contribution < 1.29 is 0 Å². The summed E-state index contributed by atoms with van der Waals surface area (Å²) in [6.07, 6.45) is 0. The van der Waals surface area contributed by atoms with E-state index >= 15 is 0 Å². The number of aryl methyl sites for hydroxylation is 2. The van der Waals surface area contributed by atoms with Gasteiger partial charge in [-0.3, -0.25) is 0 Å². The van der Waals surface area contributed by atoms with E-state index in [0.717, 1.165) is 0 Å². The van der Waals surface area contributed by atoms with Crippen molar-refractivity contribution in [2.75, 3.05) is 0 Å². The molecule has 1 atom stereocenters. The quantitative estimate of drug-likeness (QED) is 0.686. The zero-order valence-corrected chi connectivity index (χ0v) is 10.2. The third-order valence-electron chi connectivity index (χ3n) is 3.33. The summed E-state index contributed by atoms with van der Waals surface area (Å²) in [5.74, 6) is 0.473. The molecule has 0 aliphatic rings. The average molecular weight is 210 g/mol. The normalized spacial score (nSPS) is 12.4. The lowest BCUT2D eigenvalue weighted by atomic mass is 9.91. The molecular formula is C16H18. The van der Waals surface area contributed by atoms with Crippen LogP contribution in [0.5, 0.6) is 0 Å². The van der Waals surface area contributed by atoms with Crippen molar-refractivity contribution in [1.29, 1.82) is 0 Å². The highest BCUT2D eigenvalue weighted by Crippen LogP contribution is 2.25. The molecule has 82 valence electrons. The maximum Gasteiger partial charge on any atom is 0.00611 e. The van der Waals surface area contributed by atoms with Gasteiger partial charge in [0.25, 0.3) is 0 Å². The predicted octanol–water partition coefficient (Wildman–Crippen LogP) is 4.46. The van der Waals surface area contributed by atoms with Gasteiger partial charge in [-0.2, -0.15) is 0 Å². The van der Waals surface area contributed by atoms with Gasteiger partial charge < -0.3 is 0 Å². The molecule has 0 radical (unpaired) electrons. The van der Waals surface area contributed by atoms with Crippen molar-refractivity contribution in [3.8, 4) is 0 Å². The summed E-state index contributed by atoms with van der Waals surface area (Å²) in [7, 11) is 0. The first-order valence-corrected chi connectivity index (χ1v) is 5.80. The van der Waals surface area contributed by atoms with Gasteiger partial charge in [0.2, 0.25) is 0 Å². The average Bonchev–Trinajstić information content (AvgIpc) is 2.33. The van der Waals surface area contributed by atoms with Crippen LogP contribution < -0.4 is 0 Å². The fourth-order valence-electron chi connectivity index (χ4n) is 1.97. The van der Waals surface area contributed by atoms with Crippen LogP contribution in [0.3, 0.4) is 0 Å². The van der Waals surface area contributed by atoms with E-state index in [-0.39, 0.29) is 0 Å².